The summed E-state index contributed by atoms with van der Waals surface area (Å²) in [5.74, 6) is -0.712. The van der Waals surface area contributed by atoms with Gasteiger partial charge < -0.3 is 18.4 Å². The molecule has 0 radical (unpaired) electrons. The van der Waals surface area contributed by atoms with Crippen LogP contribution in [0.4, 0.5) is 0 Å². The summed E-state index contributed by atoms with van der Waals surface area (Å²) in [6, 6.07) is 6.45. The van der Waals surface area contributed by atoms with E-state index < -0.39 is 0 Å². The van der Waals surface area contributed by atoms with E-state index >= 15 is 0 Å². The van der Waals surface area contributed by atoms with E-state index in [-0.39, 0.29) is 11.9 Å². The van der Waals surface area contributed by atoms with Crippen LogP contribution in [0.15, 0.2) is 24.3 Å². The molecule has 0 aliphatic heterocycles. The first-order chi connectivity index (χ1) is 13.0. The minimum absolute atomic E-state index is 0.356. The van der Waals surface area contributed by atoms with E-state index in [9.17, 15) is 9.59 Å². The molecule has 0 aromatic heterocycles. The Morgan fingerprint density at radius 1 is 0.643 bits per heavy atom. The standard InChI is InChI=1S/C22H38N2O4/c1-23(2,3)15-7-9-17-27-21(25)19-11-13-20(14-12-19)22(26)28-18-10-8-16-24(4,5)6/h11-14H,7-10,15-18H2,1-6H3/q+2. The summed E-state index contributed by atoms with van der Waals surface area (Å²) in [7, 11) is 12.9. The van der Waals surface area contributed by atoms with E-state index in [0.29, 0.717) is 24.3 Å². The number of ether oxygens (including phenoxy) is 2. The maximum atomic E-state index is 12.1. The lowest BCUT2D eigenvalue weighted by Gasteiger charge is -2.23. The smallest absolute Gasteiger partial charge is 0.338 e. The van der Waals surface area contributed by atoms with Crippen molar-refractivity contribution in [3.63, 3.8) is 0 Å². The van der Waals surface area contributed by atoms with Crippen LogP contribution in [0.3, 0.4) is 0 Å². The van der Waals surface area contributed by atoms with Gasteiger partial charge in [0.05, 0.1) is 79.7 Å². The van der Waals surface area contributed by atoms with E-state index in [0.717, 1.165) is 47.7 Å². The van der Waals surface area contributed by atoms with Gasteiger partial charge in [0.25, 0.3) is 0 Å². The molecule has 0 N–H and O–H groups in total. The number of carbonyl (C=O) groups excluding carboxylic acids is 2. The normalized spacial score (nSPS) is 11.9. The molecule has 0 amide bonds. The molecular weight excluding hydrogens is 356 g/mol. The lowest BCUT2D eigenvalue weighted by molar-refractivity contribution is -0.870. The molecule has 0 saturated heterocycles. The lowest BCUT2D eigenvalue weighted by Crippen LogP contribution is -2.35. The average Bonchev–Trinajstić information content (AvgIpc) is 2.59. The lowest BCUT2D eigenvalue weighted by atomic mass is 10.1. The van der Waals surface area contributed by atoms with Crippen molar-refractivity contribution in [2.75, 3.05) is 68.6 Å². The molecule has 1 rings (SSSR count). The summed E-state index contributed by atoms with van der Waals surface area (Å²) < 4.78 is 12.4. The zero-order valence-electron chi connectivity index (χ0n) is 18.5. The van der Waals surface area contributed by atoms with E-state index in [1.54, 1.807) is 24.3 Å². The van der Waals surface area contributed by atoms with Gasteiger partial charge in [0.1, 0.15) is 0 Å². The molecule has 6 nitrogen and oxygen atoms in total. The molecule has 0 bridgehead atoms. The Kier molecular flexibility index (Phi) is 9.62. The van der Waals surface area contributed by atoms with Crippen LogP contribution >= 0.6 is 0 Å². The predicted octanol–water partition coefficient (Wildman–Crippen LogP) is 2.97. The van der Waals surface area contributed by atoms with E-state index in [1.807, 2.05) is 0 Å². The van der Waals surface area contributed by atoms with Crippen LogP contribution in [0.2, 0.25) is 0 Å². The number of unbranched alkanes of at least 4 members (excludes halogenated alkanes) is 2. The van der Waals surface area contributed by atoms with Crippen molar-refractivity contribution in [1.29, 1.82) is 0 Å². The van der Waals surface area contributed by atoms with Crippen molar-refractivity contribution < 1.29 is 28.0 Å². The highest BCUT2D eigenvalue weighted by Gasteiger charge is 2.12. The topological polar surface area (TPSA) is 52.6 Å². The van der Waals surface area contributed by atoms with Crippen LogP contribution in [0, 0.1) is 0 Å². The van der Waals surface area contributed by atoms with E-state index in [4.69, 9.17) is 9.47 Å². The molecule has 0 unspecified atom stereocenters. The highest BCUT2D eigenvalue weighted by Crippen LogP contribution is 2.09. The summed E-state index contributed by atoms with van der Waals surface area (Å²) >= 11 is 0. The largest absolute Gasteiger partial charge is 0.462 e. The first-order valence-corrected chi connectivity index (χ1v) is 10.0. The van der Waals surface area contributed by atoms with Gasteiger partial charge in [-0.15, -0.1) is 0 Å². The van der Waals surface area contributed by atoms with Crippen molar-refractivity contribution in [1.82, 2.24) is 0 Å². The number of quaternary nitrogens is 2. The fourth-order valence-corrected chi connectivity index (χ4v) is 2.62. The summed E-state index contributed by atoms with van der Waals surface area (Å²) in [5.41, 5.74) is 0.900. The highest BCUT2D eigenvalue weighted by molar-refractivity contribution is 5.93. The summed E-state index contributed by atoms with van der Waals surface area (Å²) in [6.07, 6.45) is 3.71. The van der Waals surface area contributed by atoms with Crippen molar-refractivity contribution in [2.45, 2.75) is 25.7 Å². The van der Waals surface area contributed by atoms with Crippen LogP contribution in [0.25, 0.3) is 0 Å². The van der Waals surface area contributed by atoms with Crippen molar-refractivity contribution in [2.24, 2.45) is 0 Å². The van der Waals surface area contributed by atoms with Crippen LogP contribution in [-0.2, 0) is 9.47 Å². The minimum Gasteiger partial charge on any atom is -0.462 e. The number of rotatable bonds is 12. The Morgan fingerprint density at radius 3 is 1.25 bits per heavy atom. The number of hydrogen-bond acceptors (Lipinski definition) is 4. The number of benzene rings is 1. The van der Waals surface area contributed by atoms with Gasteiger partial charge in [0, 0.05) is 0 Å². The third-order valence-corrected chi connectivity index (χ3v) is 4.27. The second-order valence-corrected chi connectivity index (χ2v) is 9.29. The molecule has 28 heavy (non-hydrogen) atoms. The maximum Gasteiger partial charge on any atom is 0.338 e. The minimum atomic E-state index is -0.356. The van der Waals surface area contributed by atoms with E-state index in [1.165, 1.54) is 0 Å². The average molecular weight is 395 g/mol. The molecule has 0 spiro atoms. The number of esters is 2. The molecule has 0 saturated carbocycles. The molecule has 158 valence electrons. The van der Waals surface area contributed by atoms with Gasteiger partial charge in [-0.05, 0) is 49.9 Å². The number of carbonyl (C=O) groups is 2. The van der Waals surface area contributed by atoms with Crippen molar-refractivity contribution >= 4 is 11.9 Å². The quantitative estimate of drug-likeness (QED) is 0.311. The van der Waals surface area contributed by atoms with Crippen LogP contribution in [-0.4, -0.2) is 89.5 Å². The fraction of sp³-hybridized carbons (Fsp3) is 0.636. The summed E-state index contributed by atoms with van der Waals surface area (Å²) in [4.78, 5) is 24.1. The molecular formula is C22H38N2O4+2. The molecule has 1 aromatic carbocycles. The molecule has 0 aliphatic rings. The second-order valence-electron chi connectivity index (χ2n) is 9.29. The zero-order valence-corrected chi connectivity index (χ0v) is 18.5. The van der Waals surface area contributed by atoms with E-state index in [2.05, 4.69) is 42.3 Å². The Morgan fingerprint density at radius 2 is 0.964 bits per heavy atom. The van der Waals surface area contributed by atoms with Gasteiger partial charge in [-0.2, -0.15) is 0 Å². The maximum absolute atomic E-state index is 12.1. The van der Waals surface area contributed by atoms with Crippen LogP contribution in [0.1, 0.15) is 46.4 Å². The van der Waals surface area contributed by atoms with Gasteiger partial charge in [-0.25, -0.2) is 9.59 Å². The molecule has 0 fully saturated rings. The van der Waals surface area contributed by atoms with Crippen LogP contribution in [0.5, 0.6) is 0 Å². The van der Waals surface area contributed by atoms with Gasteiger partial charge >= 0.3 is 11.9 Å². The van der Waals surface area contributed by atoms with Crippen LogP contribution < -0.4 is 0 Å². The first-order valence-electron chi connectivity index (χ1n) is 10.0. The highest BCUT2D eigenvalue weighted by atomic mass is 16.5. The molecule has 0 atom stereocenters. The number of nitrogens with zero attached hydrogens (tertiary/aromatic N) is 2. The van der Waals surface area contributed by atoms with Crippen molar-refractivity contribution in [3.8, 4) is 0 Å². The Bertz CT molecular complexity index is 558. The summed E-state index contributed by atoms with van der Waals surface area (Å²) in [5, 5.41) is 0. The molecule has 6 heteroatoms. The molecule has 1 aromatic rings. The predicted molar refractivity (Wildman–Crippen MR) is 111 cm³/mol. The molecule has 0 aliphatic carbocycles. The van der Waals surface area contributed by atoms with Gasteiger partial charge in [0.15, 0.2) is 0 Å². The number of hydrogen-bond donors (Lipinski definition) is 0. The Balaban J connectivity index is 2.31. The zero-order chi connectivity index (χ0) is 21.2. The van der Waals surface area contributed by atoms with Gasteiger partial charge in [-0.3, -0.25) is 0 Å². The Hall–Kier alpha value is -1.92. The second kappa shape index (κ2) is 11.2. The monoisotopic (exact) mass is 394 g/mol. The molecule has 0 heterocycles. The third kappa shape index (κ3) is 11.0. The Labute approximate surface area is 170 Å². The van der Waals surface area contributed by atoms with Gasteiger partial charge in [0.2, 0.25) is 0 Å². The summed E-state index contributed by atoms with van der Waals surface area (Å²) in [6.45, 7) is 2.92. The third-order valence-electron chi connectivity index (χ3n) is 4.27. The van der Waals surface area contributed by atoms with Gasteiger partial charge in [-0.1, -0.05) is 0 Å². The fourth-order valence-electron chi connectivity index (χ4n) is 2.62. The van der Waals surface area contributed by atoms with Crippen molar-refractivity contribution in [3.05, 3.63) is 35.4 Å². The SMILES string of the molecule is C[N+](C)(C)CCCCOC(=O)c1ccc(C(=O)OCCCC[N+](C)(C)C)cc1. The first kappa shape index (κ1) is 24.1.